The third-order valence-electron chi connectivity index (χ3n) is 4.31. The van der Waals surface area contributed by atoms with E-state index in [-0.39, 0.29) is 0 Å². The van der Waals surface area contributed by atoms with E-state index in [0.29, 0.717) is 6.04 Å². The summed E-state index contributed by atoms with van der Waals surface area (Å²) in [6.07, 6.45) is 5.45. The van der Waals surface area contributed by atoms with Gasteiger partial charge in [-0.2, -0.15) is 0 Å². The molecule has 0 bridgehead atoms. The average Bonchev–Trinajstić information content (AvgIpc) is 2.80. The summed E-state index contributed by atoms with van der Waals surface area (Å²) < 4.78 is 0. The molecule has 2 saturated heterocycles. The van der Waals surface area contributed by atoms with Crippen molar-refractivity contribution < 1.29 is 0 Å². The summed E-state index contributed by atoms with van der Waals surface area (Å²) in [5, 5.41) is 4.56. The first-order chi connectivity index (χ1) is 8.83. The Bertz CT molecular complexity index is 407. The van der Waals surface area contributed by atoms with E-state index < -0.39 is 0 Å². The summed E-state index contributed by atoms with van der Waals surface area (Å²) in [5.74, 6) is 0. The van der Waals surface area contributed by atoms with Crippen LogP contribution in [0.5, 0.6) is 0 Å². The van der Waals surface area contributed by atoms with Gasteiger partial charge in [0.1, 0.15) is 0 Å². The number of hydrogen-bond acceptors (Lipinski definition) is 2. The van der Waals surface area contributed by atoms with Crippen LogP contribution in [0.15, 0.2) is 24.3 Å². The van der Waals surface area contributed by atoms with E-state index in [1.807, 2.05) is 12.1 Å². The van der Waals surface area contributed by atoms with Gasteiger partial charge in [0.2, 0.25) is 0 Å². The van der Waals surface area contributed by atoms with E-state index in [4.69, 9.17) is 11.6 Å². The van der Waals surface area contributed by atoms with Crippen LogP contribution in [0.2, 0.25) is 5.02 Å². The van der Waals surface area contributed by atoms with Gasteiger partial charge in [-0.15, -0.1) is 0 Å². The summed E-state index contributed by atoms with van der Waals surface area (Å²) in [4.78, 5) is 2.67. The minimum atomic E-state index is 0.671. The number of rotatable bonds is 3. The molecule has 0 aliphatic carbocycles. The van der Waals surface area contributed by atoms with Crippen molar-refractivity contribution in [1.82, 2.24) is 10.2 Å². The molecule has 3 heteroatoms. The van der Waals surface area contributed by atoms with Gasteiger partial charge in [-0.25, -0.2) is 0 Å². The number of fused-ring (bicyclic) bond motifs is 1. The van der Waals surface area contributed by atoms with E-state index in [0.717, 1.165) is 17.6 Å². The van der Waals surface area contributed by atoms with Crippen molar-refractivity contribution in [3.05, 3.63) is 34.9 Å². The van der Waals surface area contributed by atoms with Crippen molar-refractivity contribution in [2.24, 2.45) is 0 Å². The maximum Gasteiger partial charge on any atom is 0.0409 e. The Morgan fingerprint density at radius 1 is 1.22 bits per heavy atom. The molecule has 2 unspecified atom stereocenters. The third-order valence-corrected chi connectivity index (χ3v) is 4.55. The van der Waals surface area contributed by atoms with Gasteiger partial charge in [-0.1, -0.05) is 30.2 Å². The molecule has 3 rings (SSSR count). The zero-order valence-electron chi connectivity index (χ0n) is 10.7. The third kappa shape index (κ3) is 2.71. The van der Waals surface area contributed by atoms with Crippen molar-refractivity contribution in [2.45, 2.75) is 44.3 Å². The maximum absolute atomic E-state index is 6.01. The SMILES string of the molecule is Clc1cccc(CNC2CCN3CCCCC23)c1. The number of piperidine rings is 1. The normalized spacial score (nSPS) is 28.3. The van der Waals surface area contributed by atoms with Crippen molar-refractivity contribution in [2.75, 3.05) is 13.1 Å². The van der Waals surface area contributed by atoms with Gasteiger partial charge in [0.15, 0.2) is 0 Å². The lowest BCUT2D eigenvalue weighted by Gasteiger charge is -2.32. The quantitative estimate of drug-likeness (QED) is 0.903. The lowest BCUT2D eigenvalue weighted by Crippen LogP contribution is -2.44. The van der Waals surface area contributed by atoms with Gasteiger partial charge >= 0.3 is 0 Å². The minimum Gasteiger partial charge on any atom is -0.308 e. The van der Waals surface area contributed by atoms with E-state index in [1.54, 1.807) is 0 Å². The van der Waals surface area contributed by atoms with Crippen molar-refractivity contribution >= 4 is 11.6 Å². The van der Waals surface area contributed by atoms with Crippen LogP contribution in [0.25, 0.3) is 0 Å². The molecule has 98 valence electrons. The maximum atomic E-state index is 6.01. The van der Waals surface area contributed by atoms with Crippen LogP contribution in [-0.2, 0) is 6.54 Å². The van der Waals surface area contributed by atoms with E-state index in [2.05, 4.69) is 22.3 Å². The van der Waals surface area contributed by atoms with Crippen molar-refractivity contribution in [3.8, 4) is 0 Å². The van der Waals surface area contributed by atoms with Crippen LogP contribution in [0.3, 0.4) is 0 Å². The lowest BCUT2D eigenvalue weighted by atomic mass is 9.99. The number of nitrogens with one attached hydrogen (secondary N) is 1. The van der Waals surface area contributed by atoms with Crippen molar-refractivity contribution in [1.29, 1.82) is 0 Å². The smallest absolute Gasteiger partial charge is 0.0409 e. The molecular weight excluding hydrogens is 244 g/mol. The lowest BCUT2D eigenvalue weighted by molar-refractivity contribution is 0.180. The van der Waals surface area contributed by atoms with E-state index in [9.17, 15) is 0 Å². The fourth-order valence-electron chi connectivity index (χ4n) is 3.38. The van der Waals surface area contributed by atoms with Gasteiger partial charge in [-0.3, -0.25) is 4.90 Å². The second-order valence-corrected chi connectivity index (χ2v) is 5.94. The molecule has 0 aromatic heterocycles. The Hall–Kier alpha value is -0.570. The van der Waals surface area contributed by atoms with E-state index in [1.165, 1.54) is 44.3 Å². The van der Waals surface area contributed by atoms with Crippen LogP contribution < -0.4 is 5.32 Å². The first-order valence-electron chi connectivity index (χ1n) is 7.05. The topological polar surface area (TPSA) is 15.3 Å². The molecular formula is C15H21ClN2. The van der Waals surface area contributed by atoms with Crippen LogP contribution in [0.1, 0.15) is 31.2 Å². The zero-order chi connectivity index (χ0) is 12.4. The minimum absolute atomic E-state index is 0.671. The zero-order valence-corrected chi connectivity index (χ0v) is 11.5. The number of halogens is 1. The molecule has 2 atom stereocenters. The predicted octanol–water partition coefficient (Wildman–Crippen LogP) is 3.06. The van der Waals surface area contributed by atoms with Gasteiger partial charge in [0, 0.05) is 30.2 Å². The highest BCUT2D eigenvalue weighted by Crippen LogP contribution is 2.27. The second kappa shape index (κ2) is 5.60. The van der Waals surface area contributed by atoms with E-state index >= 15 is 0 Å². The molecule has 2 aliphatic rings. The van der Waals surface area contributed by atoms with Gasteiger partial charge < -0.3 is 5.32 Å². The number of hydrogen-bond donors (Lipinski definition) is 1. The molecule has 2 aliphatic heterocycles. The predicted molar refractivity (Wildman–Crippen MR) is 75.9 cm³/mol. The van der Waals surface area contributed by atoms with Gasteiger partial charge in [-0.05, 0) is 43.5 Å². The first-order valence-corrected chi connectivity index (χ1v) is 7.42. The highest BCUT2D eigenvalue weighted by Gasteiger charge is 2.34. The highest BCUT2D eigenvalue weighted by molar-refractivity contribution is 6.30. The summed E-state index contributed by atoms with van der Waals surface area (Å²) >= 11 is 6.01. The Morgan fingerprint density at radius 2 is 2.17 bits per heavy atom. The Kier molecular flexibility index (Phi) is 3.88. The molecule has 2 heterocycles. The summed E-state index contributed by atoms with van der Waals surface area (Å²) in [6, 6.07) is 9.61. The highest BCUT2D eigenvalue weighted by atomic mass is 35.5. The summed E-state index contributed by atoms with van der Waals surface area (Å²) in [5.41, 5.74) is 1.29. The van der Waals surface area contributed by atoms with Gasteiger partial charge in [0.05, 0.1) is 0 Å². The summed E-state index contributed by atoms with van der Waals surface area (Å²) in [6.45, 7) is 3.52. The first kappa shape index (κ1) is 12.5. The fraction of sp³-hybridized carbons (Fsp3) is 0.600. The monoisotopic (exact) mass is 264 g/mol. The Balaban J connectivity index is 1.57. The number of nitrogens with zero attached hydrogens (tertiary/aromatic N) is 1. The van der Waals surface area contributed by atoms with Gasteiger partial charge in [0.25, 0.3) is 0 Å². The molecule has 0 amide bonds. The van der Waals surface area contributed by atoms with Crippen molar-refractivity contribution in [3.63, 3.8) is 0 Å². The summed E-state index contributed by atoms with van der Waals surface area (Å²) in [7, 11) is 0. The molecule has 0 radical (unpaired) electrons. The molecule has 1 aromatic carbocycles. The van der Waals surface area contributed by atoms with Crippen LogP contribution in [0, 0.1) is 0 Å². The molecule has 0 saturated carbocycles. The van der Waals surface area contributed by atoms with Crippen LogP contribution in [-0.4, -0.2) is 30.1 Å². The standard InChI is InChI=1S/C15H21ClN2/c16-13-5-3-4-12(10-13)11-17-14-7-9-18-8-2-1-6-15(14)18/h3-5,10,14-15,17H,1-2,6-9,11H2. The average molecular weight is 265 g/mol. The molecule has 1 aromatic rings. The second-order valence-electron chi connectivity index (χ2n) is 5.51. The largest absolute Gasteiger partial charge is 0.308 e. The molecule has 18 heavy (non-hydrogen) atoms. The Labute approximate surface area is 114 Å². The molecule has 2 fully saturated rings. The van der Waals surface area contributed by atoms with Crippen LogP contribution >= 0.6 is 11.6 Å². The fourth-order valence-corrected chi connectivity index (χ4v) is 3.59. The number of benzene rings is 1. The van der Waals surface area contributed by atoms with Crippen LogP contribution in [0.4, 0.5) is 0 Å². The Morgan fingerprint density at radius 3 is 3.06 bits per heavy atom. The molecule has 1 N–H and O–H groups in total. The molecule has 0 spiro atoms. The molecule has 2 nitrogen and oxygen atoms in total.